The molecule has 2 rings (SSSR count). The van der Waals surface area contributed by atoms with E-state index in [0.717, 1.165) is 11.3 Å². The number of fused-ring (bicyclic) bond motifs is 1. The summed E-state index contributed by atoms with van der Waals surface area (Å²) in [5, 5.41) is 0. The summed E-state index contributed by atoms with van der Waals surface area (Å²) in [7, 11) is 0. The summed E-state index contributed by atoms with van der Waals surface area (Å²) in [4.78, 5) is 0. The molecule has 0 aliphatic carbocycles. The van der Waals surface area contributed by atoms with Gasteiger partial charge in [-0.2, -0.15) is 0 Å². The zero-order chi connectivity index (χ0) is 9.97. The van der Waals surface area contributed by atoms with E-state index in [1.807, 2.05) is 31.2 Å². The van der Waals surface area contributed by atoms with Crippen LogP contribution in [0.2, 0.25) is 0 Å². The second kappa shape index (κ2) is 3.84. The maximum absolute atomic E-state index is 5.62. The first kappa shape index (κ1) is 9.28. The van der Waals surface area contributed by atoms with Crippen molar-refractivity contribution in [2.45, 2.75) is 20.1 Å². The van der Waals surface area contributed by atoms with Crippen molar-refractivity contribution in [1.29, 1.82) is 0 Å². The number of aryl methyl sites for hydroxylation is 1. The van der Waals surface area contributed by atoms with E-state index in [1.54, 1.807) is 0 Å². The zero-order valence-electron chi connectivity index (χ0n) is 8.49. The minimum Gasteiger partial charge on any atom is -0.461 e. The Morgan fingerprint density at radius 3 is 3.07 bits per heavy atom. The number of ether oxygens (including phenoxy) is 2. The van der Waals surface area contributed by atoms with Gasteiger partial charge < -0.3 is 9.47 Å². The molecular formula is C12H14O2. The predicted molar refractivity (Wildman–Crippen MR) is 56.3 cm³/mol. The standard InChI is InChI=1S/C12H14O2/c1-3-13-12-7-5-10-8-9(2)4-6-11(10)14-12/h4-8,12H,3H2,1-2H3. The molecule has 0 radical (unpaired) electrons. The summed E-state index contributed by atoms with van der Waals surface area (Å²) in [5.74, 6) is 0.900. The molecule has 14 heavy (non-hydrogen) atoms. The highest BCUT2D eigenvalue weighted by molar-refractivity contribution is 5.60. The van der Waals surface area contributed by atoms with E-state index in [4.69, 9.17) is 9.47 Å². The summed E-state index contributed by atoms with van der Waals surface area (Å²) in [5.41, 5.74) is 2.37. The van der Waals surface area contributed by atoms with Crippen molar-refractivity contribution in [3.05, 3.63) is 35.4 Å². The van der Waals surface area contributed by atoms with Crippen LogP contribution in [0.15, 0.2) is 24.3 Å². The molecule has 1 aliphatic heterocycles. The van der Waals surface area contributed by atoms with Crippen molar-refractivity contribution < 1.29 is 9.47 Å². The van der Waals surface area contributed by atoms with Gasteiger partial charge in [0.05, 0.1) is 0 Å². The van der Waals surface area contributed by atoms with Crippen molar-refractivity contribution in [3.63, 3.8) is 0 Å². The molecule has 0 fully saturated rings. The quantitative estimate of drug-likeness (QED) is 0.714. The van der Waals surface area contributed by atoms with E-state index in [9.17, 15) is 0 Å². The van der Waals surface area contributed by atoms with E-state index in [2.05, 4.69) is 13.0 Å². The first-order valence-corrected chi connectivity index (χ1v) is 4.86. The molecule has 0 N–H and O–H groups in total. The van der Waals surface area contributed by atoms with Crippen LogP contribution in [0.25, 0.3) is 6.08 Å². The Hall–Kier alpha value is -1.28. The fraction of sp³-hybridized carbons (Fsp3) is 0.333. The minimum absolute atomic E-state index is 0.227. The molecule has 2 nitrogen and oxygen atoms in total. The Balaban J connectivity index is 2.23. The first-order valence-electron chi connectivity index (χ1n) is 4.86. The topological polar surface area (TPSA) is 18.5 Å². The van der Waals surface area contributed by atoms with Gasteiger partial charge in [-0.1, -0.05) is 11.6 Å². The molecule has 1 aromatic carbocycles. The van der Waals surface area contributed by atoms with E-state index >= 15 is 0 Å². The Morgan fingerprint density at radius 1 is 1.43 bits per heavy atom. The van der Waals surface area contributed by atoms with Gasteiger partial charge in [0.25, 0.3) is 0 Å². The fourth-order valence-corrected chi connectivity index (χ4v) is 1.51. The number of benzene rings is 1. The molecule has 2 heteroatoms. The lowest BCUT2D eigenvalue weighted by atomic mass is 10.1. The lowest BCUT2D eigenvalue weighted by molar-refractivity contribution is -0.0414. The number of rotatable bonds is 2. The lowest BCUT2D eigenvalue weighted by Gasteiger charge is -2.21. The Kier molecular flexibility index (Phi) is 2.55. The minimum atomic E-state index is -0.227. The summed E-state index contributed by atoms with van der Waals surface area (Å²) >= 11 is 0. The number of hydrogen-bond acceptors (Lipinski definition) is 2. The van der Waals surface area contributed by atoms with Crippen LogP contribution in [0.1, 0.15) is 18.1 Å². The number of hydrogen-bond donors (Lipinski definition) is 0. The average molecular weight is 190 g/mol. The van der Waals surface area contributed by atoms with Crippen LogP contribution in [0.4, 0.5) is 0 Å². The van der Waals surface area contributed by atoms with E-state index in [0.29, 0.717) is 6.61 Å². The van der Waals surface area contributed by atoms with Gasteiger partial charge in [0.15, 0.2) is 0 Å². The third-order valence-corrected chi connectivity index (χ3v) is 2.17. The van der Waals surface area contributed by atoms with Crippen molar-refractivity contribution in [2.24, 2.45) is 0 Å². The highest BCUT2D eigenvalue weighted by Crippen LogP contribution is 2.26. The zero-order valence-corrected chi connectivity index (χ0v) is 8.49. The van der Waals surface area contributed by atoms with Gasteiger partial charge in [-0.15, -0.1) is 0 Å². The van der Waals surface area contributed by atoms with Crippen LogP contribution in [0.3, 0.4) is 0 Å². The van der Waals surface area contributed by atoms with Crippen molar-refractivity contribution in [1.82, 2.24) is 0 Å². The molecule has 1 heterocycles. The predicted octanol–water partition coefficient (Wildman–Crippen LogP) is 2.76. The molecular weight excluding hydrogens is 176 g/mol. The Bertz CT molecular complexity index is 355. The maximum atomic E-state index is 5.62. The monoisotopic (exact) mass is 190 g/mol. The SMILES string of the molecule is CCOC1C=Cc2cc(C)ccc2O1. The molecule has 1 atom stereocenters. The third kappa shape index (κ3) is 1.80. The van der Waals surface area contributed by atoms with Crippen molar-refractivity contribution in [2.75, 3.05) is 6.61 Å². The highest BCUT2D eigenvalue weighted by Gasteiger charge is 2.13. The molecule has 0 saturated heterocycles. The smallest absolute Gasteiger partial charge is 0.220 e. The molecule has 0 aromatic heterocycles. The normalized spacial score (nSPS) is 18.9. The van der Waals surface area contributed by atoms with E-state index in [1.165, 1.54) is 5.56 Å². The van der Waals surface area contributed by atoms with Gasteiger partial charge in [-0.25, -0.2) is 0 Å². The molecule has 1 aliphatic rings. The highest BCUT2D eigenvalue weighted by atomic mass is 16.7. The van der Waals surface area contributed by atoms with Gasteiger partial charge >= 0.3 is 0 Å². The van der Waals surface area contributed by atoms with Gasteiger partial charge in [0, 0.05) is 12.2 Å². The van der Waals surface area contributed by atoms with Gasteiger partial charge in [-0.3, -0.25) is 0 Å². The van der Waals surface area contributed by atoms with Gasteiger partial charge in [-0.05, 0) is 38.1 Å². The van der Waals surface area contributed by atoms with Crippen LogP contribution in [0, 0.1) is 6.92 Å². The van der Waals surface area contributed by atoms with Gasteiger partial charge in [0.1, 0.15) is 5.75 Å². The van der Waals surface area contributed by atoms with Crippen molar-refractivity contribution >= 4 is 6.08 Å². The maximum Gasteiger partial charge on any atom is 0.220 e. The summed E-state index contributed by atoms with van der Waals surface area (Å²) in [6.45, 7) is 4.70. The second-order valence-corrected chi connectivity index (χ2v) is 3.34. The Labute approximate surface area is 84.2 Å². The molecule has 74 valence electrons. The first-order chi connectivity index (χ1) is 6.79. The fourth-order valence-electron chi connectivity index (χ4n) is 1.51. The van der Waals surface area contributed by atoms with Crippen LogP contribution >= 0.6 is 0 Å². The van der Waals surface area contributed by atoms with Crippen LogP contribution < -0.4 is 4.74 Å². The van der Waals surface area contributed by atoms with E-state index < -0.39 is 0 Å². The lowest BCUT2D eigenvalue weighted by Crippen LogP contribution is -2.20. The molecule has 1 aromatic rings. The van der Waals surface area contributed by atoms with Crippen LogP contribution in [-0.2, 0) is 4.74 Å². The van der Waals surface area contributed by atoms with Crippen molar-refractivity contribution in [3.8, 4) is 5.75 Å². The third-order valence-electron chi connectivity index (χ3n) is 2.17. The average Bonchev–Trinajstić information content (AvgIpc) is 2.19. The second-order valence-electron chi connectivity index (χ2n) is 3.34. The van der Waals surface area contributed by atoms with Crippen LogP contribution in [-0.4, -0.2) is 12.9 Å². The van der Waals surface area contributed by atoms with E-state index in [-0.39, 0.29) is 6.29 Å². The summed E-state index contributed by atoms with van der Waals surface area (Å²) in [6, 6.07) is 6.13. The summed E-state index contributed by atoms with van der Waals surface area (Å²) in [6.07, 6.45) is 3.76. The molecule has 0 spiro atoms. The van der Waals surface area contributed by atoms with Gasteiger partial charge in [0.2, 0.25) is 6.29 Å². The molecule has 0 bridgehead atoms. The summed E-state index contributed by atoms with van der Waals surface area (Å²) < 4.78 is 11.0. The molecule has 0 saturated carbocycles. The molecule has 1 unspecified atom stereocenters. The molecule has 0 amide bonds. The van der Waals surface area contributed by atoms with Crippen LogP contribution in [0.5, 0.6) is 5.75 Å². The Morgan fingerprint density at radius 2 is 2.29 bits per heavy atom. The largest absolute Gasteiger partial charge is 0.461 e.